The van der Waals surface area contributed by atoms with Gasteiger partial charge in [-0.25, -0.2) is 4.79 Å². The third-order valence-corrected chi connectivity index (χ3v) is 2.99. The molecule has 3 nitrogen and oxygen atoms in total. The molecular weight excluding hydrogens is 216 g/mol. The number of allylic oxidation sites excluding steroid dienone is 1. The molecule has 1 aliphatic rings. The molecule has 1 aromatic carbocycles. The van der Waals surface area contributed by atoms with Crippen LogP contribution in [0.1, 0.15) is 11.1 Å². The molecule has 0 saturated heterocycles. The van der Waals surface area contributed by atoms with Gasteiger partial charge in [0, 0.05) is 17.0 Å². The van der Waals surface area contributed by atoms with E-state index >= 15 is 0 Å². The van der Waals surface area contributed by atoms with Crippen LogP contribution in [0.25, 0.3) is 11.0 Å². The van der Waals surface area contributed by atoms with Gasteiger partial charge in [-0.1, -0.05) is 12.2 Å². The maximum atomic E-state index is 11.3. The largest absolute Gasteiger partial charge is 0.489 e. The molecule has 17 heavy (non-hydrogen) atoms. The Hall–Kier alpha value is -2.03. The summed E-state index contributed by atoms with van der Waals surface area (Å²) in [4.78, 5) is 11.3. The zero-order valence-electron chi connectivity index (χ0n) is 9.53. The van der Waals surface area contributed by atoms with E-state index in [-0.39, 0.29) is 5.63 Å². The van der Waals surface area contributed by atoms with Crippen molar-refractivity contribution in [3.8, 4) is 5.75 Å². The number of aryl methyl sites for hydroxylation is 1. The summed E-state index contributed by atoms with van der Waals surface area (Å²) in [6.07, 6.45) is 4.89. The van der Waals surface area contributed by atoms with Crippen molar-refractivity contribution in [2.45, 2.75) is 13.3 Å². The van der Waals surface area contributed by atoms with Crippen molar-refractivity contribution in [3.05, 3.63) is 51.9 Å². The first-order valence-electron chi connectivity index (χ1n) is 5.60. The van der Waals surface area contributed by atoms with Crippen LogP contribution in [-0.4, -0.2) is 6.61 Å². The van der Waals surface area contributed by atoms with Crippen LogP contribution in [0.4, 0.5) is 0 Å². The molecule has 0 atom stereocenters. The zero-order valence-corrected chi connectivity index (χ0v) is 9.53. The van der Waals surface area contributed by atoms with Crippen molar-refractivity contribution in [1.82, 2.24) is 0 Å². The molecule has 86 valence electrons. The summed E-state index contributed by atoms with van der Waals surface area (Å²) in [6.45, 7) is 2.52. The first-order valence-corrected chi connectivity index (χ1v) is 5.60. The number of hydrogen-bond donors (Lipinski definition) is 0. The number of rotatable bonds is 0. The van der Waals surface area contributed by atoms with Crippen LogP contribution >= 0.6 is 0 Å². The molecule has 0 amide bonds. The quantitative estimate of drug-likeness (QED) is 0.514. The van der Waals surface area contributed by atoms with Gasteiger partial charge in [0.15, 0.2) is 0 Å². The van der Waals surface area contributed by atoms with Crippen LogP contribution in [0.2, 0.25) is 0 Å². The van der Waals surface area contributed by atoms with E-state index in [2.05, 4.69) is 6.08 Å². The zero-order chi connectivity index (χ0) is 11.8. The molecule has 2 heterocycles. The van der Waals surface area contributed by atoms with Crippen LogP contribution in [-0.2, 0) is 6.42 Å². The third kappa shape index (κ3) is 1.64. The second kappa shape index (κ2) is 3.77. The SMILES string of the molecule is Cc1cc(=O)oc2ccc3c(c12)CC=CCO3. The Morgan fingerprint density at radius 2 is 2.12 bits per heavy atom. The van der Waals surface area contributed by atoms with Gasteiger partial charge in [-0.2, -0.15) is 0 Å². The lowest BCUT2D eigenvalue weighted by molar-refractivity contribution is 0.363. The predicted molar refractivity (Wildman–Crippen MR) is 65.6 cm³/mol. The highest BCUT2D eigenvalue weighted by Gasteiger charge is 2.13. The van der Waals surface area contributed by atoms with Crippen molar-refractivity contribution < 1.29 is 9.15 Å². The predicted octanol–water partition coefficient (Wildman–Crippen LogP) is 2.59. The molecule has 0 saturated carbocycles. The van der Waals surface area contributed by atoms with E-state index in [9.17, 15) is 4.79 Å². The van der Waals surface area contributed by atoms with Crippen LogP contribution < -0.4 is 10.4 Å². The minimum atomic E-state index is -0.306. The summed E-state index contributed by atoms with van der Waals surface area (Å²) in [6, 6.07) is 5.19. The maximum Gasteiger partial charge on any atom is 0.336 e. The smallest absolute Gasteiger partial charge is 0.336 e. The van der Waals surface area contributed by atoms with Gasteiger partial charge in [0.25, 0.3) is 0 Å². The summed E-state index contributed by atoms with van der Waals surface area (Å²) in [5.74, 6) is 0.874. The van der Waals surface area contributed by atoms with Crippen molar-refractivity contribution in [1.29, 1.82) is 0 Å². The highest BCUT2D eigenvalue weighted by molar-refractivity contribution is 5.86. The Balaban J connectivity index is 2.40. The fourth-order valence-electron chi connectivity index (χ4n) is 2.26. The first kappa shape index (κ1) is 10.1. The molecule has 1 aromatic heterocycles. The second-order valence-electron chi connectivity index (χ2n) is 4.15. The van der Waals surface area contributed by atoms with E-state index in [1.54, 1.807) is 6.07 Å². The maximum absolute atomic E-state index is 11.3. The molecule has 0 spiro atoms. The Bertz CT molecular complexity index is 665. The lowest BCUT2D eigenvalue weighted by Crippen LogP contribution is -2.01. The van der Waals surface area contributed by atoms with Gasteiger partial charge in [0.2, 0.25) is 0 Å². The van der Waals surface area contributed by atoms with E-state index < -0.39 is 0 Å². The lowest BCUT2D eigenvalue weighted by atomic mass is 10.0. The normalized spacial score (nSPS) is 14.2. The topological polar surface area (TPSA) is 39.4 Å². The molecule has 0 unspecified atom stereocenters. The van der Waals surface area contributed by atoms with Crippen LogP contribution in [0, 0.1) is 6.92 Å². The Morgan fingerprint density at radius 1 is 1.24 bits per heavy atom. The van der Waals surface area contributed by atoms with E-state index in [4.69, 9.17) is 9.15 Å². The van der Waals surface area contributed by atoms with E-state index in [1.165, 1.54) is 6.07 Å². The van der Waals surface area contributed by atoms with Gasteiger partial charge in [-0.05, 0) is 31.0 Å². The van der Waals surface area contributed by atoms with Gasteiger partial charge < -0.3 is 9.15 Å². The molecule has 0 radical (unpaired) electrons. The number of benzene rings is 1. The average molecular weight is 228 g/mol. The summed E-state index contributed by atoms with van der Waals surface area (Å²) in [5, 5.41) is 0.994. The fraction of sp³-hybridized carbons (Fsp3) is 0.214. The van der Waals surface area contributed by atoms with Gasteiger partial charge in [-0.15, -0.1) is 0 Å². The van der Waals surface area contributed by atoms with Crippen LogP contribution in [0.3, 0.4) is 0 Å². The Kier molecular flexibility index (Phi) is 2.25. The number of hydrogen-bond acceptors (Lipinski definition) is 3. The van der Waals surface area contributed by atoms with Crippen LogP contribution in [0.5, 0.6) is 5.75 Å². The second-order valence-corrected chi connectivity index (χ2v) is 4.15. The monoisotopic (exact) mass is 228 g/mol. The highest BCUT2D eigenvalue weighted by Crippen LogP contribution is 2.31. The minimum Gasteiger partial charge on any atom is -0.489 e. The molecular formula is C14H12O3. The highest BCUT2D eigenvalue weighted by atomic mass is 16.5. The third-order valence-electron chi connectivity index (χ3n) is 2.99. The fourth-order valence-corrected chi connectivity index (χ4v) is 2.26. The summed E-state index contributed by atoms with van der Waals surface area (Å²) in [7, 11) is 0. The summed E-state index contributed by atoms with van der Waals surface area (Å²) < 4.78 is 10.8. The van der Waals surface area contributed by atoms with Gasteiger partial charge >= 0.3 is 5.63 Å². The van der Waals surface area contributed by atoms with Crippen molar-refractivity contribution in [3.63, 3.8) is 0 Å². The number of ether oxygens (including phenoxy) is 1. The molecule has 0 aliphatic carbocycles. The standard InChI is InChI=1S/C14H12O3/c1-9-8-13(15)17-12-6-5-11-10(14(9)12)4-2-3-7-16-11/h2-3,5-6,8H,4,7H2,1H3. The van der Waals surface area contributed by atoms with Crippen molar-refractivity contribution >= 4 is 11.0 Å². The summed E-state index contributed by atoms with van der Waals surface area (Å²) in [5.41, 5.74) is 2.36. The summed E-state index contributed by atoms with van der Waals surface area (Å²) >= 11 is 0. The Labute approximate surface area is 98.3 Å². The van der Waals surface area contributed by atoms with E-state index in [0.29, 0.717) is 12.2 Å². The lowest BCUT2D eigenvalue weighted by Gasteiger charge is -2.10. The van der Waals surface area contributed by atoms with Gasteiger partial charge in [0.05, 0.1) is 0 Å². The molecule has 3 heteroatoms. The van der Waals surface area contributed by atoms with E-state index in [0.717, 1.165) is 28.7 Å². The molecule has 1 aliphatic heterocycles. The van der Waals surface area contributed by atoms with E-state index in [1.807, 2.05) is 19.1 Å². The van der Waals surface area contributed by atoms with Gasteiger partial charge in [0.1, 0.15) is 17.9 Å². The van der Waals surface area contributed by atoms with Crippen molar-refractivity contribution in [2.24, 2.45) is 0 Å². The van der Waals surface area contributed by atoms with Crippen LogP contribution in [0.15, 0.2) is 39.6 Å². The molecule has 3 rings (SSSR count). The number of fused-ring (bicyclic) bond motifs is 3. The molecule has 2 aromatic rings. The molecule has 0 fully saturated rings. The Morgan fingerprint density at radius 3 is 3.00 bits per heavy atom. The molecule has 0 bridgehead atoms. The first-order chi connectivity index (χ1) is 8.25. The van der Waals surface area contributed by atoms with Gasteiger partial charge in [-0.3, -0.25) is 0 Å². The average Bonchev–Trinajstić information content (AvgIpc) is 2.52. The van der Waals surface area contributed by atoms with Crippen molar-refractivity contribution in [2.75, 3.05) is 6.61 Å². The minimum absolute atomic E-state index is 0.306. The molecule has 0 N–H and O–H groups in total.